The van der Waals surface area contributed by atoms with E-state index in [2.05, 4.69) is 77.9 Å². The van der Waals surface area contributed by atoms with Crippen molar-refractivity contribution >= 4 is 50.2 Å². The summed E-state index contributed by atoms with van der Waals surface area (Å²) in [6.07, 6.45) is 6.56. The van der Waals surface area contributed by atoms with Crippen molar-refractivity contribution in [2.24, 2.45) is 11.7 Å². The minimum atomic E-state index is -1.15. The van der Waals surface area contributed by atoms with Crippen molar-refractivity contribution in [2.45, 2.75) is 83.0 Å². The summed E-state index contributed by atoms with van der Waals surface area (Å²) in [7, 11) is -2.30. The maximum atomic E-state index is 6.21. The van der Waals surface area contributed by atoms with Gasteiger partial charge in [-0.3, -0.25) is 0 Å². The van der Waals surface area contributed by atoms with Gasteiger partial charge in [-0.1, -0.05) is 39.3 Å². The molecule has 1 aliphatic rings. The lowest BCUT2D eigenvalue weighted by Crippen LogP contribution is -2.33. The summed E-state index contributed by atoms with van der Waals surface area (Å²) < 4.78 is 15.4. The second-order valence-corrected chi connectivity index (χ2v) is 24.9. The van der Waals surface area contributed by atoms with E-state index in [1.807, 2.05) is 10.7 Å². The average Bonchev–Trinajstić information content (AvgIpc) is 3.17. The molecule has 2 heterocycles. The third-order valence-electron chi connectivity index (χ3n) is 6.84. The minimum Gasteiger partial charge on any atom is -0.361 e. The van der Waals surface area contributed by atoms with E-state index in [1.165, 1.54) is 12.8 Å². The third kappa shape index (κ3) is 9.06. The van der Waals surface area contributed by atoms with Crippen LogP contribution in [0.2, 0.25) is 51.4 Å². The molecule has 35 heavy (non-hydrogen) atoms. The molecule has 0 atom stereocenters. The fourth-order valence-corrected chi connectivity index (χ4v) is 6.33. The quantitative estimate of drug-likeness (QED) is 0.127. The van der Waals surface area contributed by atoms with Crippen molar-refractivity contribution in [3.63, 3.8) is 0 Å². The number of rotatable bonds is 13. The number of nitrogens with zero attached hydrogens (tertiary/aromatic N) is 4. The van der Waals surface area contributed by atoms with Crippen LogP contribution in [0.1, 0.15) is 37.3 Å². The van der Waals surface area contributed by atoms with Crippen molar-refractivity contribution in [3.8, 4) is 0 Å². The number of halogens is 1. The van der Waals surface area contributed by atoms with Gasteiger partial charge in [-0.15, -0.1) is 0 Å². The molecule has 0 aromatic carbocycles. The predicted octanol–water partition coefficient (Wildman–Crippen LogP) is 6.00. The topological polar surface area (TPSA) is 77.9 Å². The largest absolute Gasteiger partial charge is 0.361 e. The maximum Gasteiger partial charge on any atom is 0.171 e. The van der Waals surface area contributed by atoms with Gasteiger partial charge in [-0.25, -0.2) is 4.98 Å². The summed E-state index contributed by atoms with van der Waals surface area (Å²) >= 11 is 2.34. The molecular weight excluding hydrogens is 585 g/mol. The first-order chi connectivity index (χ1) is 16.5. The summed E-state index contributed by atoms with van der Waals surface area (Å²) in [6, 6.07) is 4.53. The second kappa shape index (κ2) is 12.8. The van der Waals surface area contributed by atoms with Crippen molar-refractivity contribution in [1.29, 1.82) is 0 Å². The molecule has 2 N–H and O–H groups in total. The average molecular weight is 632 g/mol. The van der Waals surface area contributed by atoms with E-state index in [1.54, 1.807) is 0 Å². The maximum absolute atomic E-state index is 6.21. The number of fused-ring (bicyclic) bond motifs is 1. The molecule has 0 amide bonds. The molecule has 2 aromatic heterocycles. The number of anilines is 1. The van der Waals surface area contributed by atoms with E-state index in [0.29, 0.717) is 25.3 Å². The van der Waals surface area contributed by atoms with Crippen LogP contribution in [0.4, 0.5) is 5.82 Å². The zero-order chi connectivity index (χ0) is 25.6. The smallest absolute Gasteiger partial charge is 0.171 e. The highest BCUT2D eigenvalue weighted by atomic mass is 127. The van der Waals surface area contributed by atoms with Gasteiger partial charge >= 0.3 is 0 Å². The first-order valence-electron chi connectivity index (χ1n) is 13.1. The molecule has 0 unspecified atom stereocenters. The molecule has 3 rings (SSSR count). The second-order valence-electron chi connectivity index (χ2n) is 12.5. The summed E-state index contributed by atoms with van der Waals surface area (Å²) in [5, 5.41) is 4.68. The van der Waals surface area contributed by atoms with E-state index in [4.69, 9.17) is 20.2 Å². The molecule has 1 fully saturated rings. The number of nitrogens with two attached hydrogens (primary N) is 1. The Morgan fingerprint density at radius 1 is 1.00 bits per heavy atom. The Balaban J connectivity index is 1.83. The third-order valence-corrected chi connectivity index (χ3v) is 11.0. The van der Waals surface area contributed by atoms with E-state index in [0.717, 1.165) is 65.4 Å². The highest BCUT2D eigenvalue weighted by Gasteiger charge is 2.25. The fourth-order valence-electron chi connectivity index (χ4n) is 4.34. The summed E-state index contributed by atoms with van der Waals surface area (Å²) in [5.41, 5.74) is 8.03. The van der Waals surface area contributed by atoms with Gasteiger partial charge in [-0.05, 0) is 72.8 Å². The Bertz CT molecular complexity index is 914. The summed E-state index contributed by atoms with van der Waals surface area (Å²) in [4.78, 5) is 7.27. The zero-order valence-corrected chi connectivity index (χ0v) is 26.8. The molecule has 1 aliphatic carbocycles. The van der Waals surface area contributed by atoms with E-state index < -0.39 is 16.1 Å². The lowest BCUT2D eigenvalue weighted by molar-refractivity contribution is 0.0942. The van der Waals surface area contributed by atoms with E-state index in [-0.39, 0.29) is 0 Å². The first kappa shape index (κ1) is 29.0. The van der Waals surface area contributed by atoms with Gasteiger partial charge in [0.15, 0.2) is 5.65 Å². The Hall–Kier alpha value is -0.536. The predicted molar refractivity (Wildman–Crippen MR) is 160 cm³/mol. The van der Waals surface area contributed by atoms with Crippen molar-refractivity contribution in [3.05, 3.63) is 21.5 Å². The molecule has 2 aromatic rings. The monoisotopic (exact) mass is 631 g/mol. The summed E-state index contributed by atoms with van der Waals surface area (Å²) in [5.74, 6) is 2.13. The van der Waals surface area contributed by atoms with Crippen LogP contribution in [0.3, 0.4) is 0 Å². The van der Waals surface area contributed by atoms with Gasteiger partial charge in [0.2, 0.25) is 0 Å². The Kier molecular flexibility index (Phi) is 10.6. The van der Waals surface area contributed by atoms with Crippen LogP contribution >= 0.6 is 22.6 Å². The zero-order valence-electron chi connectivity index (χ0n) is 22.6. The van der Waals surface area contributed by atoms with Crippen LogP contribution in [-0.4, -0.2) is 64.0 Å². The van der Waals surface area contributed by atoms with Gasteiger partial charge in [0.25, 0.3) is 0 Å². The van der Waals surface area contributed by atoms with Gasteiger partial charge in [-0.2, -0.15) is 9.61 Å². The molecule has 0 radical (unpaired) electrons. The standard InChI is InChI=1S/C25H46IN5O2Si2/c1-34(2,3)13-11-32-18-30(19-33-12-14-35(4,5)6)24-15-23(21-9-7-20(16-27)8-10-21)29-25-22(26)17-28-31(24)25/h15,17,20-21H,7-14,16,18-19,27H2,1-6H3. The van der Waals surface area contributed by atoms with Crippen molar-refractivity contribution in [1.82, 2.24) is 14.6 Å². The molecule has 1 saturated carbocycles. The molecule has 198 valence electrons. The van der Waals surface area contributed by atoms with Crippen molar-refractivity contribution in [2.75, 3.05) is 38.1 Å². The highest BCUT2D eigenvalue weighted by molar-refractivity contribution is 14.1. The molecular formula is C25H46IN5O2Si2. The van der Waals surface area contributed by atoms with Gasteiger partial charge in [0, 0.05) is 47.0 Å². The Morgan fingerprint density at radius 2 is 1.57 bits per heavy atom. The Morgan fingerprint density at radius 3 is 2.09 bits per heavy atom. The number of hydrogen-bond donors (Lipinski definition) is 1. The lowest BCUT2D eigenvalue weighted by atomic mass is 9.80. The minimum absolute atomic E-state index is 0.467. The molecule has 0 bridgehead atoms. The molecule has 10 heteroatoms. The van der Waals surface area contributed by atoms with E-state index >= 15 is 0 Å². The summed E-state index contributed by atoms with van der Waals surface area (Å²) in [6.45, 7) is 17.7. The number of ether oxygens (including phenoxy) is 2. The van der Waals surface area contributed by atoms with Crippen LogP contribution in [0.15, 0.2) is 12.3 Å². The molecule has 0 saturated heterocycles. The van der Waals surface area contributed by atoms with Gasteiger partial charge < -0.3 is 20.1 Å². The van der Waals surface area contributed by atoms with Crippen LogP contribution in [0.5, 0.6) is 0 Å². The van der Waals surface area contributed by atoms with Crippen LogP contribution < -0.4 is 10.6 Å². The van der Waals surface area contributed by atoms with Crippen LogP contribution in [-0.2, 0) is 9.47 Å². The Labute approximate surface area is 227 Å². The van der Waals surface area contributed by atoms with Crippen LogP contribution in [0, 0.1) is 9.49 Å². The molecule has 0 aliphatic heterocycles. The SMILES string of the molecule is C[Si](C)(C)CCOCN(COCC[Si](C)(C)C)c1cc(C2CCC(CN)CC2)nc2c(I)cnn12. The van der Waals surface area contributed by atoms with E-state index in [9.17, 15) is 0 Å². The van der Waals surface area contributed by atoms with Crippen LogP contribution in [0.25, 0.3) is 5.65 Å². The number of hydrogen-bond acceptors (Lipinski definition) is 6. The lowest BCUT2D eigenvalue weighted by Gasteiger charge is -2.29. The van der Waals surface area contributed by atoms with Gasteiger partial charge in [0.1, 0.15) is 19.3 Å². The fraction of sp³-hybridized carbons (Fsp3) is 0.760. The van der Waals surface area contributed by atoms with Gasteiger partial charge in [0.05, 0.1) is 9.77 Å². The normalized spacial score (nSPS) is 19.4. The van der Waals surface area contributed by atoms with Crippen molar-refractivity contribution < 1.29 is 9.47 Å². The first-order valence-corrected chi connectivity index (χ1v) is 21.6. The highest BCUT2D eigenvalue weighted by Crippen LogP contribution is 2.36. The molecule has 0 spiro atoms. The molecule has 7 nitrogen and oxygen atoms in total. The number of aromatic nitrogens is 3.